The number of cyclic esters (lactones) is 1. The molecule has 0 saturated carbocycles. The summed E-state index contributed by atoms with van der Waals surface area (Å²) >= 11 is 0. The standard InChI is InChI=1S/C15H17NO5S/c1-16(11-6-7-22(19,20)9-11)14(17)13-8-10-4-2-3-5-12(10)15(18)21-13/h2-5,11,13H,6-9H2,1H3/t11-,13+/m0/s1. The monoisotopic (exact) mass is 323 g/mol. The van der Waals surface area contributed by atoms with Crippen LogP contribution >= 0.6 is 0 Å². The largest absolute Gasteiger partial charge is 0.448 e. The summed E-state index contributed by atoms with van der Waals surface area (Å²) in [6, 6.07) is 6.69. The number of amides is 1. The molecule has 7 heteroatoms. The Hall–Kier alpha value is -1.89. The number of benzene rings is 1. The Morgan fingerprint density at radius 1 is 1.32 bits per heavy atom. The van der Waals surface area contributed by atoms with Crippen molar-refractivity contribution in [3.8, 4) is 0 Å². The van der Waals surface area contributed by atoms with Gasteiger partial charge in [0.15, 0.2) is 15.9 Å². The van der Waals surface area contributed by atoms with Crippen LogP contribution < -0.4 is 0 Å². The number of likely N-dealkylation sites (N-methyl/N-ethyl adjacent to an activating group) is 1. The molecule has 0 bridgehead atoms. The van der Waals surface area contributed by atoms with E-state index in [9.17, 15) is 18.0 Å². The number of hydrogen-bond acceptors (Lipinski definition) is 5. The lowest BCUT2D eigenvalue weighted by molar-refractivity contribution is -0.141. The van der Waals surface area contributed by atoms with Crippen LogP contribution in [-0.2, 0) is 25.8 Å². The second kappa shape index (κ2) is 5.39. The van der Waals surface area contributed by atoms with Gasteiger partial charge in [0.2, 0.25) is 0 Å². The number of carbonyl (C=O) groups excluding carboxylic acids is 2. The lowest BCUT2D eigenvalue weighted by Gasteiger charge is -2.30. The van der Waals surface area contributed by atoms with E-state index in [4.69, 9.17) is 4.74 Å². The molecule has 2 aliphatic heterocycles. The summed E-state index contributed by atoms with van der Waals surface area (Å²) in [5.41, 5.74) is 1.27. The minimum atomic E-state index is -3.07. The van der Waals surface area contributed by atoms with Gasteiger partial charge in [-0.2, -0.15) is 0 Å². The molecule has 1 saturated heterocycles. The van der Waals surface area contributed by atoms with E-state index in [1.54, 1.807) is 25.2 Å². The van der Waals surface area contributed by atoms with Crippen LogP contribution in [0.15, 0.2) is 24.3 Å². The zero-order valence-corrected chi connectivity index (χ0v) is 13.0. The van der Waals surface area contributed by atoms with Gasteiger partial charge in [-0.15, -0.1) is 0 Å². The second-order valence-electron chi connectivity index (χ2n) is 5.76. The number of esters is 1. The summed E-state index contributed by atoms with van der Waals surface area (Å²) < 4.78 is 28.3. The van der Waals surface area contributed by atoms with Crippen LogP contribution in [0.5, 0.6) is 0 Å². The SMILES string of the molecule is CN(C(=O)[C@H]1Cc2ccccc2C(=O)O1)[C@H]1CCS(=O)(=O)C1. The Kier molecular flexibility index (Phi) is 3.68. The molecule has 1 aromatic rings. The van der Waals surface area contributed by atoms with Crippen LogP contribution in [-0.4, -0.2) is 55.9 Å². The maximum Gasteiger partial charge on any atom is 0.339 e. The minimum absolute atomic E-state index is 0.0213. The molecule has 2 atom stereocenters. The second-order valence-corrected chi connectivity index (χ2v) is 7.99. The Bertz CT molecular complexity index is 727. The molecule has 22 heavy (non-hydrogen) atoms. The van der Waals surface area contributed by atoms with E-state index in [0.717, 1.165) is 5.56 Å². The summed E-state index contributed by atoms with van der Waals surface area (Å²) in [5, 5.41) is 0. The maximum atomic E-state index is 12.5. The molecule has 0 radical (unpaired) electrons. The van der Waals surface area contributed by atoms with Crippen LogP contribution in [0.4, 0.5) is 0 Å². The van der Waals surface area contributed by atoms with E-state index in [-0.39, 0.29) is 23.5 Å². The van der Waals surface area contributed by atoms with Gasteiger partial charge >= 0.3 is 5.97 Å². The summed E-state index contributed by atoms with van der Waals surface area (Å²) in [5.74, 6) is -0.771. The van der Waals surface area contributed by atoms with Gasteiger partial charge < -0.3 is 9.64 Å². The van der Waals surface area contributed by atoms with Crippen LogP contribution in [0, 0.1) is 0 Å². The number of nitrogens with zero attached hydrogens (tertiary/aromatic N) is 1. The highest BCUT2D eigenvalue weighted by molar-refractivity contribution is 7.91. The van der Waals surface area contributed by atoms with E-state index < -0.39 is 21.9 Å². The van der Waals surface area contributed by atoms with Crippen molar-refractivity contribution in [1.82, 2.24) is 4.90 Å². The summed E-state index contributed by atoms with van der Waals surface area (Å²) in [6.45, 7) is 0. The first-order valence-corrected chi connectivity index (χ1v) is 8.95. The molecule has 2 heterocycles. The fourth-order valence-electron chi connectivity index (χ4n) is 2.96. The van der Waals surface area contributed by atoms with E-state index in [1.165, 1.54) is 4.90 Å². The number of hydrogen-bond donors (Lipinski definition) is 0. The predicted molar refractivity (Wildman–Crippen MR) is 79.2 cm³/mol. The smallest absolute Gasteiger partial charge is 0.339 e. The molecule has 0 N–H and O–H groups in total. The Morgan fingerprint density at radius 2 is 2.05 bits per heavy atom. The summed E-state index contributed by atoms with van der Waals surface area (Å²) in [7, 11) is -1.49. The zero-order valence-electron chi connectivity index (χ0n) is 12.2. The van der Waals surface area contributed by atoms with Crippen molar-refractivity contribution in [2.45, 2.75) is 25.0 Å². The van der Waals surface area contributed by atoms with Crippen LogP contribution in [0.25, 0.3) is 0 Å². The van der Waals surface area contributed by atoms with E-state index in [0.29, 0.717) is 18.4 Å². The third-order valence-electron chi connectivity index (χ3n) is 4.27. The van der Waals surface area contributed by atoms with Crippen molar-refractivity contribution < 1.29 is 22.7 Å². The normalized spacial score (nSPS) is 26.1. The fourth-order valence-corrected chi connectivity index (χ4v) is 4.73. The molecular weight excluding hydrogens is 306 g/mol. The quantitative estimate of drug-likeness (QED) is 0.737. The Morgan fingerprint density at radius 3 is 2.73 bits per heavy atom. The highest BCUT2D eigenvalue weighted by Gasteiger charge is 2.38. The molecule has 0 aromatic heterocycles. The van der Waals surface area contributed by atoms with Gasteiger partial charge in [0.1, 0.15) is 0 Å². The molecule has 0 unspecified atom stereocenters. The van der Waals surface area contributed by atoms with Crippen LogP contribution in [0.1, 0.15) is 22.3 Å². The van der Waals surface area contributed by atoms with Crippen molar-refractivity contribution in [3.63, 3.8) is 0 Å². The molecule has 0 spiro atoms. The first-order valence-electron chi connectivity index (χ1n) is 7.13. The number of fused-ring (bicyclic) bond motifs is 1. The number of carbonyl (C=O) groups is 2. The topological polar surface area (TPSA) is 80.8 Å². The molecule has 1 fully saturated rings. The lowest BCUT2D eigenvalue weighted by Crippen LogP contribution is -2.47. The van der Waals surface area contributed by atoms with Gasteiger partial charge in [-0.3, -0.25) is 4.79 Å². The first-order chi connectivity index (χ1) is 10.4. The van der Waals surface area contributed by atoms with Gasteiger partial charge in [0, 0.05) is 19.5 Å². The minimum Gasteiger partial charge on any atom is -0.448 e. The molecule has 6 nitrogen and oxygen atoms in total. The average molecular weight is 323 g/mol. The number of sulfone groups is 1. The Balaban J connectivity index is 1.75. The zero-order chi connectivity index (χ0) is 15.9. The van der Waals surface area contributed by atoms with E-state index in [2.05, 4.69) is 0 Å². The van der Waals surface area contributed by atoms with E-state index in [1.807, 2.05) is 6.07 Å². The van der Waals surface area contributed by atoms with Crippen molar-refractivity contribution in [2.75, 3.05) is 18.6 Å². The van der Waals surface area contributed by atoms with Crippen molar-refractivity contribution in [1.29, 1.82) is 0 Å². The number of ether oxygens (including phenoxy) is 1. The Labute approximate surface area is 129 Å². The molecule has 3 rings (SSSR count). The van der Waals surface area contributed by atoms with E-state index >= 15 is 0 Å². The van der Waals surface area contributed by atoms with Crippen LogP contribution in [0.2, 0.25) is 0 Å². The molecule has 0 aliphatic carbocycles. The summed E-state index contributed by atoms with van der Waals surface area (Å²) in [6.07, 6.45) is -0.123. The molecular formula is C15H17NO5S. The van der Waals surface area contributed by atoms with Crippen molar-refractivity contribution in [2.24, 2.45) is 0 Å². The molecule has 118 valence electrons. The van der Waals surface area contributed by atoms with Gasteiger partial charge in [-0.05, 0) is 18.1 Å². The lowest BCUT2D eigenvalue weighted by atomic mass is 9.98. The van der Waals surface area contributed by atoms with Gasteiger partial charge in [0.05, 0.1) is 17.1 Å². The number of rotatable bonds is 2. The third kappa shape index (κ3) is 2.72. The maximum absolute atomic E-state index is 12.5. The summed E-state index contributed by atoms with van der Waals surface area (Å²) in [4.78, 5) is 25.9. The van der Waals surface area contributed by atoms with Gasteiger partial charge in [-0.25, -0.2) is 13.2 Å². The van der Waals surface area contributed by atoms with Gasteiger partial charge in [-0.1, -0.05) is 18.2 Å². The highest BCUT2D eigenvalue weighted by atomic mass is 32.2. The highest BCUT2D eigenvalue weighted by Crippen LogP contribution is 2.23. The molecule has 1 amide bonds. The molecule has 1 aromatic carbocycles. The first kappa shape index (κ1) is 15.0. The van der Waals surface area contributed by atoms with Gasteiger partial charge in [0.25, 0.3) is 5.91 Å². The van der Waals surface area contributed by atoms with Crippen molar-refractivity contribution in [3.05, 3.63) is 35.4 Å². The predicted octanol–water partition coefficient (Wildman–Crippen LogP) is 0.414. The molecule has 2 aliphatic rings. The third-order valence-corrected chi connectivity index (χ3v) is 6.02. The van der Waals surface area contributed by atoms with Crippen LogP contribution in [0.3, 0.4) is 0 Å². The fraction of sp³-hybridized carbons (Fsp3) is 0.467. The average Bonchev–Trinajstić information content (AvgIpc) is 2.86. The van der Waals surface area contributed by atoms with Crippen molar-refractivity contribution >= 4 is 21.7 Å².